The van der Waals surface area contributed by atoms with Gasteiger partial charge in [-0.05, 0) is 35.7 Å². The molecule has 5 nitrogen and oxygen atoms in total. The molecule has 0 heterocycles. The van der Waals surface area contributed by atoms with Crippen molar-refractivity contribution in [2.24, 2.45) is 0 Å². The number of amides is 2. The molecule has 3 rings (SSSR count). The van der Waals surface area contributed by atoms with Gasteiger partial charge in [-0.15, -0.1) is 0 Å². The van der Waals surface area contributed by atoms with Gasteiger partial charge in [0.2, 0.25) is 0 Å². The molecular weight excluding hydrogens is 340 g/mol. The summed E-state index contributed by atoms with van der Waals surface area (Å²) in [5, 5.41) is 2.48. The summed E-state index contributed by atoms with van der Waals surface area (Å²) >= 11 is 5.77. The van der Waals surface area contributed by atoms with Gasteiger partial charge in [0.15, 0.2) is 6.61 Å². The van der Waals surface area contributed by atoms with Crippen LogP contribution in [-0.4, -0.2) is 18.4 Å². The maximum absolute atomic E-state index is 11.9. The fraction of sp³-hybridized carbons (Fsp3) is 0.0526. The van der Waals surface area contributed by atoms with Crippen LogP contribution in [0.1, 0.15) is 10.4 Å². The number of rotatable bonds is 4. The monoisotopic (exact) mass is 354 g/mol. The lowest BCUT2D eigenvalue weighted by Gasteiger charge is -2.10. The molecule has 126 valence electrons. The van der Waals surface area contributed by atoms with Crippen LogP contribution < -0.4 is 15.6 Å². The molecule has 3 aromatic rings. The molecule has 0 radical (unpaired) electrons. The Kier molecular flexibility index (Phi) is 5.16. The Hall–Kier alpha value is -3.05. The highest BCUT2D eigenvalue weighted by Gasteiger charge is 2.09. The molecule has 0 aliphatic rings. The molecule has 0 aliphatic carbocycles. The number of benzene rings is 3. The second kappa shape index (κ2) is 7.68. The summed E-state index contributed by atoms with van der Waals surface area (Å²) in [5.41, 5.74) is 5.04. The van der Waals surface area contributed by atoms with Gasteiger partial charge in [0, 0.05) is 16.0 Å². The van der Waals surface area contributed by atoms with E-state index in [0.29, 0.717) is 16.3 Å². The van der Waals surface area contributed by atoms with Gasteiger partial charge in [-0.3, -0.25) is 20.4 Å². The number of nitrogens with one attached hydrogen (secondary N) is 2. The van der Waals surface area contributed by atoms with E-state index in [4.69, 9.17) is 16.3 Å². The van der Waals surface area contributed by atoms with E-state index in [9.17, 15) is 9.59 Å². The second-order valence-corrected chi connectivity index (χ2v) is 5.71. The Bertz CT molecular complexity index is 905. The van der Waals surface area contributed by atoms with Crippen LogP contribution in [0, 0.1) is 0 Å². The first-order valence-electron chi connectivity index (χ1n) is 7.59. The van der Waals surface area contributed by atoms with Gasteiger partial charge < -0.3 is 4.74 Å². The van der Waals surface area contributed by atoms with E-state index in [1.54, 1.807) is 30.3 Å². The quantitative estimate of drug-likeness (QED) is 0.706. The van der Waals surface area contributed by atoms with Crippen LogP contribution in [0.25, 0.3) is 10.8 Å². The minimum atomic E-state index is -0.463. The van der Waals surface area contributed by atoms with Crippen molar-refractivity contribution >= 4 is 34.2 Å². The average molecular weight is 355 g/mol. The molecule has 0 bridgehead atoms. The molecule has 0 saturated carbocycles. The number of fused-ring (bicyclic) bond motifs is 1. The zero-order chi connectivity index (χ0) is 17.6. The Balaban J connectivity index is 1.54. The molecule has 25 heavy (non-hydrogen) atoms. The van der Waals surface area contributed by atoms with Crippen LogP contribution in [0.4, 0.5) is 0 Å². The average Bonchev–Trinajstić information content (AvgIpc) is 2.65. The maximum atomic E-state index is 11.9. The van der Waals surface area contributed by atoms with Crippen LogP contribution in [0.5, 0.6) is 5.75 Å². The predicted octanol–water partition coefficient (Wildman–Crippen LogP) is 3.33. The molecule has 0 saturated heterocycles. The van der Waals surface area contributed by atoms with Gasteiger partial charge in [0.1, 0.15) is 5.75 Å². The first-order chi connectivity index (χ1) is 12.1. The number of ether oxygens (including phenoxy) is 1. The molecule has 0 aromatic heterocycles. The Labute approximate surface area is 149 Å². The highest BCUT2D eigenvalue weighted by atomic mass is 35.5. The highest BCUT2D eigenvalue weighted by molar-refractivity contribution is 6.30. The number of carbonyl (C=O) groups is 2. The minimum Gasteiger partial charge on any atom is -0.483 e. The van der Waals surface area contributed by atoms with Crippen molar-refractivity contribution in [2.45, 2.75) is 0 Å². The SMILES string of the molecule is O=C(COc1cccc2ccccc12)NNC(=O)c1ccc(Cl)cc1. The molecule has 2 amide bonds. The number of hydrogen-bond acceptors (Lipinski definition) is 3. The Morgan fingerprint density at radius 1 is 0.880 bits per heavy atom. The van der Waals surface area contributed by atoms with Crippen LogP contribution in [0.15, 0.2) is 66.7 Å². The summed E-state index contributed by atoms with van der Waals surface area (Å²) in [6, 6.07) is 19.7. The third-order valence-corrected chi connectivity index (χ3v) is 3.78. The van der Waals surface area contributed by atoms with E-state index in [0.717, 1.165) is 10.8 Å². The first-order valence-corrected chi connectivity index (χ1v) is 7.96. The van der Waals surface area contributed by atoms with E-state index < -0.39 is 11.8 Å². The number of hydrazine groups is 1. The molecule has 3 aromatic carbocycles. The van der Waals surface area contributed by atoms with Gasteiger partial charge in [0.05, 0.1) is 0 Å². The van der Waals surface area contributed by atoms with E-state index in [1.165, 1.54) is 0 Å². The lowest BCUT2D eigenvalue weighted by Crippen LogP contribution is -2.43. The summed E-state index contributed by atoms with van der Waals surface area (Å²) in [6.07, 6.45) is 0. The van der Waals surface area contributed by atoms with Crippen molar-refractivity contribution < 1.29 is 14.3 Å². The first kappa shape index (κ1) is 16.8. The van der Waals surface area contributed by atoms with Gasteiger partial charge in [0.25, 0.3) is 11.8 Å². The third kappa shape index (κ3) is 4.28. The maximum Gasteiger partial charge on any atom is 0.276 e. The summed E-state index contributed by atoms with van der Waals surface area (Å²) in [6.45, 7) is -0.213. The topological polar surface area (TPSA) is 67.4 Å². The lowest BCUT2D eigenvalue weighted by atomic mass is 10.1. The Morgan fingerprint density at radius 2 is 1.60 bits per heavy atom. The van der Waals surface area contributed by atoms with Gasteiger partial charge >= 0.3 is 0 Å². The zero-order valence-electron chi connectivity index (χ0n) is 13.2. The largest absolute Gasteiger partial charge is 0.483 e. The predicted molar refractivity (Wildman–Crippen MR) is 96.5 cm³/mol. The van der Waals surface area contributed by atoms with Crippen molar-refractivity contribution in [1.29, 1.82) is 0 Å². The highest BCUT2D eigenvalue weighted by Crippen LogP contribution is 2.24. The van der Waals surface area contributed by atoms with Crippen LogP contribution in [0.2, 0.25) is 5.02 Å². The van der Waals surface area contributed by atoms with E-state index >= 15 is 0 Å². The normalized spacial score (nSPS) is 10.3. The summed E-state index contributed by atoms with van der Waals surface area (Å²) < 4.78 is 5.55. The minimum absolute atomic E-state index is 0.213. The van der Waals surface area contributed by atoms with Crippen molar-refractivity contribution in [1.82, 2.24) is 10.9 Å². The van der Waals surface area contributed by atoms with Gasteiger partial charge in [-0.25, -0.2) is 0 Å². The van der Waals surface area contributed by atoms with Crippen LogP contribution in [0.3, 0.4) is 0 Å². The van der Waals surface area contributed by atoms with Crippen LogP contribution in [-0.2, 0) is 4.79 Å². The van der Waals surface area contributed by atoms with E-state index in [-0.39, 0.29) is 6.61 Å². The lowest BCUT2D eigenvalue weighted by molar-refractivity contribution is -0.123. The standard InChI is InChI=1S/C19H15ClN2O3/c20-15-10-8-14(9-11-15)19(24)22-21-18(23)12-25-17-7-3-5-13-4-1-2-6-16(13)17/h1-11H,12H2,(H,21,23)(H,22,24). The molecule has 6 heteroatoms. The fourth-order valence-electron chi connectivity index (χ4n) is 2.30. The molecule has 0 unspecified atom stereocenters. The Morgan fingerprint density at radius 3 is 2.40 bits per heavy atom. The summed E-state index contributed by atoms with van der Waals surface area (Å²) in [4.78, 5) is 23.8. The van der Waals surface area contributed by atoms with Gasteiger partial charge in [-0.1, -0.05) is 48.0 Å². The van der Waals surface area contributed by atoms with Crippen molar-refractivity contribution in [3.05, 3.63) is 77.3 Å². The second-order valence-electron chi connectivity index (χ2n) is 5.28. The van der Waals surface area contributed by atoms with Crippen LogP contribution >= 0.6 is 11.6 Å². The number of halogens is 1. The summed E-state index contributed by atoms with van der Waals surface area (Å²) in [5.74, 6) is -0.289. The smallest absolute Gasteiger partial charge is 0.276 e. The summed E-state index contributed by atoms with van der Waals surface area (Å²) in [7, 11) is 0. The number of carbonyl (C=O) groups excluding carboxylic acids is 2. The molecule has 0 spiro atoms. The van der Waals surface area contributed by atoms with Crippen molar-refractivity contribution in [2.75, 3.05) is 6.61 Å². The third-order valence-electron chi connectivity index (χ3n) is 3.53. The number of hydrogen-bond donors (Lipinski definition) is 2. The molecule has 0 atom stereocenters. The fourth-order valence-corrected chi connectivity index (χ4v) is 2.43. The van der Waals surface area contributed by atoms with Crippen molar-refractivity contribution in [3.8, 4) is 5.75 Å². The molecule has 2 N–H and O–H groups in total. The van der Waals surface area contributed by atoms with E-state index in [2.05, 4.69) is 10.9 Å². The molecule has 0 aliphatic heterocycles. The van der Waals surface area contributed by atoms with E-state index in [1.807, 2.05) is 36.4 Å². The molecule has 0 fully saturated rings. The zero-order valence-corrected chi connectivity index (χ0v) is 13.9. The van der Waals surface area contributed by atoms with Crippen molar-refractivity contribution in [3.63, 3.8) is 0 Å². The molecular formula is C19H15ClN2O3. The van der Waals surface area contributed by atoms with Gasteiger partial charge in [-0.2, -0.15) is 0 Å².